The molecule has 0 saturated carbocycles. The number of aliphatic hydroxyl groups excluding tert-OH is 1. The van der Waals surface area contributed by atoms with E-state index in [4.69, 9.17) is 37.0 Å². The monoisotopic (exact) mass is 1470 g/mol. The highest BCUT2D eigenvalue weighted by molar-refractivity contribution is 7.47. The van der Waals surface area contributed by atoms with Crippen LogP contribution in [0.25, 0.3) is 0 Å². The first-order chi connectivity index (χ1) is 48.4. The van der Waals surface area contributed by atoms with Crippen molar-refractivity contribution in [1.82, 2.24) is 0 Å². The largest absolute Gasteiger partial charge is 0.472 e. The van der Waals surface area contributed by atoms with Crippen LogP contribution in [0.5, 0.6) is 0 Å². The maximum absolute atomic E-state index is 13.1. The summed E-state index contributed by atoms with van der Waals surface area (Å²) in [5, 5.41) is 10.6. The van der Waals surface area contributed by atoms with Crippen LogP contribution in [0.15, 0.2) is 0 Å². The minimum Gasteiger partial charge on any atom is -0.462 e. The zero-order chi connectivity index (χ0) is 73.5. The summed E-state index contributed by atoms with van der Waals surface area (Å²) in [6, 6.07) is 0. The minimum atomic E-state index is -4.96. The first kappa shape index (κ1) is 98.1. The van der Waals surface area contributed by atoms with Gasteiger partial charge in [0, 0.05) is 25.7 Å². The van der Waals surface area contributed by atoms with Gasteiger partial charge in [-0.15, -0.1) is 0 Å². The van der Waals surface area contributed by atoms with Gasteiger partial charge in [-0.2, -0.15) is 0 Å². The minimum absolute atomic E-state index is 0.107. The van der Waals surface area contributed by atoms with Gasteiger partial charge in [-0.25, -0.2) is 9.13 Å². The van der Waals surface area contributed by atoms with Crippen LogP contribution < -0.4 is 0 Å². The number of unbranched alkanes of at least 4 members (excludes halogenated alkanes) is 49. The lowest BCUT2D eigenvalue weighted by molar-refractivity contribution is -0.161. The van der Waals surface area contributed by atoms with Gasteiger partial charge in [0.1, 0.15) is 19.3 Å². The molecule has 594 valence electrons. The van der Waals surface area contributed by atoms with Crippen molar-refractivity contribution in [3.63, 3.8) is 0 Å². The van der Waals surface area contributed by atoms with Gasteiger partial charge in [-0.05, 0) is 37.5 Å². The zero-order valence-electron chi connectivity index (χ0n) is 65.5. The van der Waals surface area contributed by atoms with E-state index in [1.165, 1.54) is 244 Å². The molecule has 100 heavy (non-hydrogen) atoms. The molecule has 0 aliphatic rings. The predicted octanol–water partition coefficient (Wildman–Crippen LogP) is 24.3. The van der Waals surface area contributed by atoms with Crippen molar-refractivity contribution in [1.29, 1.82) is 0 Å². The number of carbonyl (C=O) groups excluding carboxylic acids is 4. The highest BCUT2D eigenvalue weighted by atomic mass is 31.2. The summed E-state index contributed by atoms with van der Waals surface area (Å²) in [4.78, 5) is 73.1. The molecule has 6 atom stereocenters. The number of rotatable bonds is 80. The zero-order valence-corrected chi connectivity index (χ0v) is 67.3. The number of esters is 4. The summed E-state index contributed by atoms with van der Waals surface area (Å²) in [5.41, 5.74) is 0. The van der Waals surface area contributed by atoms with Gasteiger partial charge in [0.2, 0.25) is 0 Å². The van der Waals surface area contributed by atoms with E-state index in [2.05, 4.69) is 41.5 Å². The van der Waals surface area contributed by atoms with E-state index in [0.29, 0.717) is 25.7 Å². The van der Waals surface area contributed by atoms with Crippen LogP contribution in [0.3, 0.4) is 0 Å². The number of hydrogen-bond acceptors (Lipinski definition) is 15. The Labute approximate surface area is 613 Å². The SMILES string of the molecule is CCCCCCCCCCCCCCCCCCCC(=O)OC[C@H](COP(=O)(O)OC[C@@H](O)COP(=O)(O)OC[C@@H](COC(=O)CCCCCCCCCCCC(C)C)OC(=O)CCCCCCCCCCCCCCC)OC(=O)CCCCCCCCCCCCCCCCC(C)CC. The van der Waals surface area contributed by atoms with Crippen molar-refractivity contribution >= 4 is 39.5 Å². The molecule has 0 aromatic rings. The van der Waals surface area contributed by atoms with E-state index in [1.807, 2.05) is 0 Å². The molecule has 0 heterocycles. The number of aliphatic hydroxyl groups is 1. The Hall–Kier alpha value is -1.94. The van der Waals surface area contributed by atoms with Gasteiger partial charge in [0.15, 0.2) is 12.2 Å². The second-order valence-electron chi connectivity index (χ2n) is 29.9. The fourth-order valence-corrected chi connectivity index (χ4v) is 14.1. The van der Waals surface area contributed by atoms with E-state index >= 15 is 0 Å². The van der Waals surface area contributed by atoms with Gasteiger partial charge < -0.3 is 33.8 Å². The second kappa shape index (κ2) is 72.6. The predicted molar refractivity (Wildman–Crippen MR) is 409 cm³/mol. The van der Waals surface area contributed by atoms with Gasteiger partial charge in [0.25, 0.3) is 0 Å². The highest BCUT2D eigenvalue weighted by Crippen LogP contribution is 2.45. The van der Waals surface area contributed by atoms with E-state index < -0.39 is 97.5 Å². The first-order valence-electron chi connectivity index (χ1n) is 42.0. The summed E-state index contributed by atoms with van der Waals surface area (Å²) in [5.74, 6) is -0.517. The normalized spacial score (nSPS) is 14.2. The number of ether oxygens (including phenoxy) is 4. The molecule has 0 saturated heterocycles. The Morgan fingerprint density at radius 3 is 0.760 bits per heavy atom. The van der Waals surface area contributed by atoms with Crippen molar-refractivity contribution in [2.45, 2.75) is 445 Å². The molecule has 0 spiro atoms. The van der Waals surface area contributed by atoms with Crippen molar-refractivity contribution in [3.8, 4) is 0 Å². The van der Waals surface area contributed by atoms with Gasteiger partial charge in [0.05, 0.1) is 26.4 Å². The third-order valence-electron chi connectivity index (χ3n) is 19.3. The summed E-state index contributed by atoms with van der Waals surface area (Å²) < 4.78 is 68.7. The highest BCUT2D eigenvalue weighted by Gasteiger charge is 2.30. The van der Waals surface area contributed by atoms with Crippen molar-refractivity contribution in [2.75, 3.05) is 39.6 Å². The Morgan fingerprint density at radius 2 is 0.510 bits per heavy atom. The summed E-state index contributed by atoms with van der Waals surface area (Å²) >= 11 is 0. The van der Waals surface area contributed by atoms with Crippen LogP contribution >= 0.6 is 15.6 Å². The standard InChI is InChI=1S/C81H158O17P2/c1-7-10-12-14-16-18-20-22-23-24-25-30-33-39-45-51-57-63-78(83)91-69-76(97-81(86)66-60-54-48-41-35-31-27-26-29-32-38-44-50-56-62-74(6)9-3)71-95-99(87,88)93-67-75(82)68-94-100(89,90)96-72-77(70-92-79(84)64-58-52-46-42-36-37-43-49-55-61-73(4)5)98-80(85)65-59-53-47-40-34-28-21-19-17-15-13-11-8-2/h73-77,82H,7-72H2,1-6H3,(H,87,88)(H,89,90)/t74?,75-,76-,77-/m1/s1. The maximum atomic E-state index is 13.1. The molecule has 17 nitrogen and oxygen atoms in total. The molecule has 0 radical (unpaired) electrons. The van der Waals surface area contributed by atoms with Gasteiger partial charge in [-0.1, -0.05) is 375 Å². The van der Waals surface area contributed by atoms with Crippen LogP contribution in [-0.4, -0.2) is 96.7 Å². The molecular weight excluding hydrogens is 1310 g/mol. The van der Waals surface area contributed by atoms with E-state index in [9.17, 15) is 43.2 Å². The quantitative estimate of drug-likeness (QED) is 0.0222. The van der Waals surface area contributed by atoms with Crippen LogP contribution in [0.2, 0.25) is 0 Å². The third-order valence-corrected chi connectivity index (χ3v) is 21.2. The molecule has 0 rings (SSSR count). The second-order valence-corrected chi connectivity index (χ2v) is 32.8. The van der Waals surface area contributed by atoms with Crippen molar-refractivity contribution < 1.29 is 80.2 Å². The van der Waals surface area contributed by atoms with Crippen molar-refractivity contribution in [3.05, 3.63) is 0 Å². The Kier molecular flexibility index (Phi) is 71.2. The number of carbonyl (C=O) groups is 4. The first-order valence-corrected chi connectivity index (χ1v) is 45.0. The number of phosphoric acid groups is 2. The molecule has 0 aliphatic carbocycles. The van der Waals surface area contributed by atoms with Crippen LogP contribution in [-0.2, 0) is 65.4 Å². The fourth-order valence-electron chi connectivity index (χ4n) is 12.5. The lowest BCUT2D eigenvalue weighted by atomic mass is 9.99. The number of hydrogen-bond donors (Lipinski definition) is 3. The molecule has 19 heteroatoms. The molecule has 3 unspecified atom stereocenters. The summed E-state index contributed by atoms with van der Waals surface area (Å²) in [6.07, 6.45) is 62.3. The van der Waals surface area contributed by atoms with E-state index in [-0.39, 0.29) is 25.7 Å². The van der Waals surface area contributed by atoms with Gasteiger partial charge >= 0.3 is 39.5 Å². The molecule has 0 aromatic carbocycles. The molecule has 3 N–H and O–H groups in total. The van der Waals surface area contributed by atoms with Gasteiger partial charge in [-0.3, -0.25) is 37.3 Å². The average Bonchev–Trinajstić information content (AvgIpc) is 0.917. The maximum Gasteiger partial charge on any atom is 0.472 e. The van der Waals surface area contributed by atoms with Crippen LogP contribution in [0, 0.1) is 11.8 Å². The van der Waals surface area contributed by atoms with Crippen LogP contribution in [0.4, 0.5) is 0 Å². The number of phosphoric ester groups is 2. The van der Waals surface area contributed by atoms with Crippen LogP contribution in [0.1, 0.15) is 427 Å². The molecule has 0 amide bonds. The molecular formula is C81H158O17P2. The lowest BCUT2D eigenvalue weighted by Crippen LogP contribution is -2.30. The topological polar surface area (TPSA) is 237 Å². The smallest absolute Gasteiger partial charge is 0.462 e. The lowest BCUT2D eigenvalue weighted by Gasteiger charge is -2.21. The summed E-state index contributed by atoms with van der Waals surface area (Å²) in [7, 11) is -9.92. The molecule has 0 bridgehead atoms. The van der Waals surface area contributed by atoms with Crippen molar-refractivity contribution in [2.24, 2.45) is 11.8 Å². The third kappa shape index (κ3) is 73.0. The summed E-state index contributed by atoms with van der Waals surface area (Å²) in [6.45, 7) is 9.68. The molecule has 0 fully saturated rings. The Balaban J connectivity index is 5.26. The Bertz CT molecular complexity index is 1930. The van der Waals surface area contributed by atoms with E-state index in [1.54, 1.807) is 0 Å². The van der Waals surface area contributed by atoms with E-state index in [0.717, 1.165) is 102 Å². The molecule has 0 aliphatic heterocycles. The Morgan fingerprint density at radius 1 is 0.290 bits per heavy atom. The molecule has 0 aromatic heterocycles. The fraction of sp³-hybridized carbons (Fsp3) is 0.951. The average molecular weight is 1470 g/mol.